The van der Waals surface area contributed by atoms with E-state index in [1.165, 1.54) is 0 Å². The average Bonchev–Trinajstić information content (AvgIpc) is 2.33. The minimum absolute atomic E-state index is 0.0443. The highest BCUT2D eigenvalue weighted by Crippen LogP contribution is 2.32. The van der Waals surface area contributed by atoms with Gasteiger partial charge in [0.2, 0.25) is 0 Å². The summed E-state index contributed by atoms with van der Waals surface area (Å²) >= 11 is 13.8. The van der Waals surface area contributed by atoms with Crippen molar-refractivity contribution in [2.45, 2.75) is 18.6 Å². The van der Waals surface area contributed by atoms with Gasteiger partial charge in [0, 0.05) is 29.2 Å². The number of nitrogens with zero attached hydrogens (tertiary/aromatic N) is 1. The number of hydrogen-bond donors (Lipinski definition) is 1. The lowest BCUT2D eigenvalue weighted by molar-refractivity contribution is 0.0748. The van der Waals surface area contributed by atoms with Gasteiger partial charge in [0.25, 0.3) is 5.91 Å². The van der Waals surface area contributed by atoms with Crippen molar-refractivity contribution in [1.29, 1.82) is 0 Å². The Morgan fingerprint density at radius 1 is 1.37 bits per heavy atom. The van der Waals surface area contributed by atoms with Gasteiger partial charge in [-0.25, -0.2) is 0 Å². The van der Waals surface area contributed by atoms with Crippen molar-refractivity contribution >= 4 is 46.6 Å². The molecule has 1 fully saturated rings. The van der Waals surface area contributed by atoms with Crippen LogP contribution in [0.3, 0.4) is 0 Å². The van der Waals surface area contributed by atoms with Crippen molar-refractivity contribution in [3.63, 3.8) is 0 Å². The molecule has 1 aliphatic heterocycles. The van der Waals surface area contributed by atoms with Crippen molar-refractivity contribution in [3.05, 3.63) is 27.7 Å². The molecule has 19 heavy (non-hydrogen) atoms. The molecule has 1 aromatic carbocycles. The van der Waals surface area contributed by atoms with Crippen LogP contribution in [0.15, 0.2) is 12.1 Å². The van der Waals surface area contributed by atoms with Gasteiger partial charge in [0.15, 0.2) is 0 Å². The highest BCUT2D eigenvalue weighted by atomic mass is 35.5. The van der Waals surface area contributed by atoms with Crippen molar-refractivity contribution in [3.8, 4) is 0 Å². The van der Waals surface area contributed by atoms with Gasteiger partial charge in [0.05, 0.1) is 15.7 Å². The molecule has 0 saturated carbocycles. The van der Waals surface area contributed by atoms with E-state index in [4.69, 9.17) is 28.9 Å². The van der Waals surface area contributed by atoms with E-state index in [1.807, 2.05) is 16.7 Å². The van der Waals surface area contributed by atoms with Gasteiger partial charge in [-0.05, 0) is 26.0 Å². The smallest absolute Gasteiger partial charge is 0.254 e. The first kappa shape index (κ1) is 14.8. The van der Waals surface area contributed by atoms with Crippen LogP contribution in [0.1, 0.15) is 24.2 Å². The lowest BCUT2D eigenvalue weighted by Crippen LogP contribution is -2.46. The van der Waals surface area contributed by atoms with Crippen LogP contribution in [0.2, 0.25) is 10.0 Å². The molecule has 0 bridgehead atoms. The van der Waals surface area contributed by atoms with E-state index in [0.29, 0.717) is 21.3 Å². The molecule has 104 valence electrons. The third-order valence-electron chi connectivity index (χ3n) is 3.04. The number of hydrogen-bond acceptors (Lipinski definition) is 3. The molecule has 0 unspecified atom stereocenters. The third-order valence-corrected chi connectivity index (χ3v) is 4.96. The van der Waals surface area contributed by atoms with Gasteiger partial charge in [-0.15, -0.1) is 0 Å². The summed E-state index contributed by atoms with van der Waals surface area (Å²) in [4.78, 5) is 14.3. The maximum atomic E-state index is 12.5. The molecule has 0 atom stereocenters. The van der Waals surface area contributed by atoms with E-state index < -0.39 is 0 Å². The molecule has 1 saturated heterocycles. The van der Waals surface area contributed by atoms with Crippen LogP contribution in [0.4, 0.5) is 5.69 Å². The van der Waals surface area contributed by atoms with Crippen LogP contribution >= 0.6 is 35.0 Å². The van der Waals surface area contributed by atoms with Gasteiger partial charge in [0.1, 0.15) is 0 Å². The predicted octanol–water partition coefficient (Wildman–Crippen LogP) is 3.54. The molecule has 2 rings (SSSR count). The maximum Gasteiger partial charge on any atom is 0.254 e. The molecule has 1 amide bonds. The first-order valence-electron chi connectivity index (χ1n) is 5.98. The second-order valence-electron chi connectivity index (χ2n) is 5.19. The van der Waals surface area contributed by atoms with Crippen molar-refractivity contribution < 1.29 is 4.79 Å². The fourth-order valence-corrected chi connectivity index (χ4v) is 3.68. The largest absolute Gasteiger partial charge is 0.396 e. The number of nitrogen functional groups attached to an aromatic ring is 1. The second kappa shape index (κ2) is 5.43. The monoisotopic (exact) mass is 318 g/mol. The molecule has 3 nitrogen and oxygen atoms in total. The predicted molar refractivity (Wildman–Crippen MR) is 83.3 cm³/mol. The van der Waals surface area contributed by atoms with E-state index in [1.54, 1.807) is 12.1 Å². The number of thioether (sulfide) groups is 1. The zero-order valence-corrected chi connectivity index (χ0v) is 13.2. The Hall–Kier alpha value is -0.580. The topological polar surface area (TPSA) is 46.3 Å². The first-order valence-corrected chi connectivity index (χ1v) is 7.72. The van der Waals surface area contributed by atoms with Crippen LogP contribution in [-0.2, 0) is 0 Å². The summed E-state index contributed by atoms with van der Waals surface area (Å²) in [6.45, 7) is 5.74. The highest BCUT2D eigenvalue weighted by molar-refractivity contribution is 8.00. The van der Waals surface area contributed by atoms with E-state index in [-0.39, 0.29) is 10.7 Å². The standard InChI is InChI=1S/C13H16Cl2N2OS/c1-13(2)7-17(3-4-19-13)12(18)8-5-9(14)11(16)10(15)6-8/h5-6H,3-4,7,16H2,1-2H3. The number of anilines is 1. The number of carbonyl (C=O) groups is 1. The molecule has 0 radical (unpaired) electrons. The van der Waals surface area contributed by atoms with Gasteiger partial charge < -0.3 is 10.6 Å². The summed E-state index contributed by atoms with van der Waals surface area (Å²) in [7, 11) is 0. The molecule has 6 heteroatoms. The summed E-state index contributed by atoms with van der Waals surface area (Å²) < 4.78 is 0.0787. The maximum absolute atomic E-state index is 12.5. The SMILES string of the molecule is CC1(C)CN(C(=O)c2cc(Cl)c(N)c(Cl)c2)CCS1. The number of carbonyl (C=O) groups excluding carboxylic acids is 1. The number of nitrogens with two attached hydrogens (primary N) is 1. The van der Waals surface area contributed by atoms with Gasteiger partial charge in [-0.2, -0.15) is 11.8 Å². The number of amides is 1. The Morgan fingerprint density at radius 2 is 1.95 bits per heavy atom. The van der Waals surface area contributed by atoms with E-state index in [0.717, 1.165) is 18.8 Å². The summed E-state index contributed by atoms with van der Waals surface area (Å²) in [5.74, 6) is 0.895. The molecule has 0 spiro atoms. The Balaban J connectivity index is 2.25. The Labute approximate surface area is 127 Å². The highest BCUT2D eigenvalue weighted by Gasteiger charge is 2.30. The van der Waals surface area contributed by atoms with E-state index in [9.17, 15) is 4.79 Å². The lowest BCUT2D eigenvalue weighted by Gasteiger charge is -2.37. The number of rotatable bonds is 1. The second-order valence-corrected chi connectivity index (χ2v) is 7.80. The summed E-state index contributed by atoms with van der Waals surface area (Å²) in [6.07, 6.45) is 0. The molecule has 1 aromatic rings. The van der Waals surface area contributed by atoms with Gasteiger partial charge in [-0.1, -0.05) is 23.2 Å². The van der Waals surface area contributed by atoms with E-state index in [2.05, 4.69) is 13.8 Å². The average molecular weight is 319 g/mol. The van der Waals surface area contributed by atoms with Crippen LogP contribution in [-0.4, -0.2) is 34.4 Å². The lowest BCUT2D eigenvalue weighted by atomic mass is 10.1. The summed E-state index contributed by atoms with van der Waals surface area (Å²) in [5, 5.41) is 0.642. The zero-order valence-electron chi connectivity index (χ0n) is 10.9. The van der Waals surface area contributed by atoms with Crippen molar-refractivity contribution in [2.75, 3.05) is 24.6 Å². The van der Waals surface area contributed by atoms with E-state index >= 15 is 0 Å². The fourth-order valence-electron chi connectivity index (χ4n) is 2.08. The normalized spacial score (nSPS) is 18.4. The van der Waals surface area contributed by atoms with Gasteiger partial charge in [-0.3, -0.25) is 4.79 Å². The summed E-state index contributed by atoms with van der Waals surface area (Å²) in [5.41, 5.74) is 6.49. The molecule has 1 aliphatic rings. The molecular weight excluding hydrogens is 303 g/mol. The van der Waals surface area contributed by atoms with Gasteiger partial charge >= 0.3 is 0 Å². The molecule has 2 N–H and O–H groups in total. The summed E-state index contributed by atoms with van der Waals surface area (Å²) in [6, 6.07) is 3.17. The Bertz CT molecular complexity index is 496. The molecule has 0 aliphatic carbocycles. The van der Waals surface area contributed by atoms with Crippen molar-refractivity contribution in [1.82, 2.24) is 4.90 Å². The van der Waals surface area contributed by atoms with Crippen LogP contribution in [0.5, 0.6) is 0 Å². The molecule has 1 heterocycles. The van der Waals surface area contributed by atoms with Crippen LogP contribution in [0, 0.1) is 0 Å². The third kappa shape index (κ3) is 3.30. The van der Waals surface area contributed by atoms with Crippen molar-refractivity contribution in [2.24, 2.45) is 0 Å². The van der Waals surface area contributed by atoms with Crippen LogP contribution < -0.4 is 5.73 Å². The minimum Gasteiger partial charge on any atom is -0.396 e. The quantitative estimate of drug-likeness (QED) is 0.805. The zero-order chi connectivity index (χ0) is 14.2. The minimum atomic E-state index is -0.0443. The molecular formula is C13H16Cl2N2OS. The molecule has 0 aromatic heterocycles. The number of halogens is 2. The number of benzene rings is 1. The van der Waals surface area contributed by atoms with Crippen LogP contribution in [0.25, 0.3) is 0 Å². The Morgan fingerprint density at radius 3 is 2.47 bits per heavy atom. The first-order chi connectivity index (χ1) is 8.80. The Kier molecular flexibility index (Phi) is 4.23. The fraction of sp³-hybridized carbons (Fsp3) is 0.462.